The SMILES string of the molecule is NN(C(=O)c1ccc(NC(=O)OC2CCN(CI)C2)cc1)c1cccc(-c2cccs2)c1. The molecule has 3 aromatic rings. The zero-order valence-corrected chi connectivity index (χ0v) is 20.2. The average Bonchev–Trinajstić information content (AvgIpc) is 3.51. The van der Waals surface area contributed by atoms with Crippen molar-refractivity contribution in [3.05, 3.63) is 71.6 Å². The van der Waals surface area contributed by atoms with Gasteiger partial charge in [-0.25, -0.2) is 15.6 Å². The number of amides is 2. The Kier molecular flexibility index (Phi) is 7.40. The van der Waals surface area contributed by atoms with Gasteiger partial charge < -0.3 is 4.74 Å². The third kappa shape index (κ3) is 5.47. The predicted octanol–water partition coefficient (Wildman–Crippen LogP) is 4.95. The Morgan fingerprint density at radius 1 is 1.19 bits per heavy atom. The van der Waals surface area contributed by atoms with Crippen LogP contribution in [-0.4, -0.2) is 40.6 Å². The lowest BCUT2D eigenvalue weighted by atomic mass is 10.1. The minimum atomic E-state index is -0.491. The molecule has 0 bridgehead atoms. The van der Waals surface area contributed by atoms with Crippen LogP contribution in [0.15, 0.2) is 66.0 Å². The zero-order chi connectivity index (χ0) is 22.5. The number of likely N-dealkylation sites (tertiary alicyclic amines) is 1. The van der Waals surface area contributed by atoms with E-state index in [9.17, 15) is 9.59 Å². The van der Waals surface area contributed by atoms with Crippen molar-refractivity contribution >= 4 is 57.3 Å². The summed E-state index contributed by atoms with van der Waals surface area (Å²) in [5.74, 6) is 5.78. The molecule has 9 heteroatoms. The molecule has 1 aliphatic heterocycles. The Hall–Kier alpha value is -2.47. The van der Waals surface area contributed by atoms with Crippen molar-refractivity contribution in [2.24, 2.45) is 5.84 Å². The van der Waals surface area contributed by atoms with Gasteiger partial charge in [-0.15, -0.1) is 11.3 Å². The standard InChI is InChI=1S/C23H23IN4O3S/c24-15-27-11-10-20(14-27)31-23(30)26-18-8-6-16(7-9-18)22(29)28(25)19-4-1-3-17(13-19)21-5-2-12-32-21/h1-9,12-13,20H,10-11,14-15,25H2,(H,26,30). The molecule has 0 radical (unpaired) electrons. The van der Waals surface area contributed by atoms with E-state index in [0.717, 1.165) is 39.5 Å². The van der Waals surface area contributed by atoms with Gasteiger partial charge in [0.25, 0.3) is 5.91 Å². The molecule has 1 atom stereocenters. The molecule has 1 fully saturated rings. The third-order valence-corrected chi connectivity index (χ3v) is 7.08. The number of ether oxygens (including phenoxy) is 1. The molecule has 3 N–H and O–H groups in total. The third-order valence-electron chi connectivity index (χ3n) is 5.20. The van der Waals surface area contributed by atoms with Crippen LogP contribution in [-0.2, 0) is 4.74 Å². The van der Waals surface area contributed by atoms with Crippen LogP contribution in [0.25, 0.3) is 10.4 Å². The summed E-state index contributed by atoms with van der Waals surface area (Å²) in [5.41, 5.74) is 2.58. The summed E-state index contributed by atoms with van der Waals surface area (Å²) in [6.07, 6.45) is 0.251. The van der Waals surface area contributed by atoms with Gasteiger partial charge in [-0.2, -0.15) is 0 Å². The van der Waals surface area contributed by atoms with Gasteiger partial charge in [0.05, 0.1) is 10.2 Å². The van der Waals surface area contributed by atoms with Crippen molar-refractivity contribution in [2.75, 3.05) is 28.0 Å². The Morgan fingerprint density at radius 2 is 2.00 bits per heavy atom. The van der Waals surface area contributed by atoms with E-state index in [1.54, 1.807) is 41.7 Å². The largest absolute Gasteiger partial charge is 0.445 e. The van der Waals surface area contributed by atoms with Gasteiger partial charge in [0, 0.05) is 29.2 Å². The number of nitrogens with zero attached hydrogens (tertiary/aromatic N) is 2. The highest BCUT2D eigenvalue weighted by atomic mass is 127. The van der Waals surface area contributed by atoms with Crippen molar-refractivity contribution in [2.45, 2.75) is 12.5 Å². The summed E-state index contributed by atoms with van der Waals surface area (Å²) >= 11 is 3.93. The molecule has 2 aromatic carbocycles. The molecule has 0 saturated carbocycles. The van der Waals surface area contributed by atoms with Crippen LogP contribution in [0.5, 0.6) is 0 Å². The van der Waals surface area contributed by atoms with E-state index in [1.165, 1.54) is 0 Å². The lowest BCUT2D eigenvalue weighted by Gasteiger charge is -2.18. The van der Waals surface area contributed by atoms with Gasteiger partial charge in [-0.05, 0) is 59.8 Å². The van der Waals surface area contributed by atoms with E-state index in [1.807, 2.05) is 35.7 Å². The fourth-order valence-electron chi connectivity index (χ4n) is 3.50. The Morgan fingerprint density at radius 3 is 2.69 bits per heavy atom. The molecule has 1 saturated heterocycles. The van der Waals surface area contributed by atoms with E-state index < -0.39 is 6.09 Å². The van der Waals surface area contributed by atoms with Crippen LogP contribution in [0.4, 0.5) is 16.2 Å². The van der Waals surface area contributed by atoms with Crippen molar-refractivity contribution in [3.63, 3.8) is 0 Å². The monoisotopic (exact) mass is 562 g/mol. The smallest absolute Gasteiger partial charge is 0.411 e. The second-order valence-electron chi connectivity index (χ2n) is 7.42. The predicted molar refractivity (Wildman–Crippen MR) is 136 cm³/mol. The van der Waals surface area contributed by atoms with Crippen LogP contribution in [0.1, 0.15) is 16.8 Å². The van der Waals surface area contributed by atoms with E-state index in [0.29, 0.717) is 16.9 Å². The minimum Gasteiger partial charge on any atom is -0.445 e. The average molecular weight is 562 g/mol. The van der Waals surface area contributed by atoms with Crippen LogP contribution in [0, 0.1) is 0 Å². The number of rotatable bonds is 6. The lowest BCUT2D eigenvalue weighted by Crippen LogP contribution is -2.37. The van der Waals surface area contributed by atoms with Crippen LogP contribution in [0.2, 0.25) is 0 Å². The molecule has 2 heterocycles. The Bertz CT molecular complexity index is 1080. The normalized spacial score (nSPS) is 16.0. The molecule has 166 valence electrons. The Balaban J connectivity index is 1.37. The number of alkyl halides is 1. The van der Waals surface area contributed by atoms with E-state index in [-0.39, 0.29) is 12.0 Å². The van der Waals surface area contributed by atoms with E-state index in [4.69, 9.17) is 10.6 Å². The van der Waals surface area contributed by atoms with Gasteiger partial charge in [-0.1, -0.05) is 40.8 Å². The molecule has 1 unspecified atom stereocenters. The molecule has 7 nitrogen and oxygen atoms in total. The second kappa shape index (κ2) is 10.4. The first-order valence-electron chi connectivity index (χ1n) is 10.1. The van der Waals surface area contributed by atoms with Gasteiger partial charge in [0.1, 0.15) is 6.10 Å². The maximum atomic E-state index is 12.9. The van der Waals surface area contributed by atoms with Crippen molar-refractivity contribution < 1.29 is 14.3 Å². The number of hydrogen-bond donors (Lipinski definition) is 2. The molecule has 4 rings (SSSR count). The maximum absolute atomic E-state index is 12.9. The van der Waals surface area contributed by atoms with Crippen LogP contribution in [0.3, 0.4) is 0 Å². The number of nitrogens with two attached hydrogens (primary N) is 1. The molecular formula is C23H23IN4O3S. The van der Waals surface area contributed by atoms with Crippen molar-refractivity contribution in [1.82, 2.24) is 4.90 Å². The highest BCUT2D eigenvalue weighted by Gasteiger charge is 2.25. The summed E-state index contributed by atoms with van der Waals surface area (Å²) < 4.78 is 6.40. The summed E-state index contributed by atoms with van der Waals surface area (Å²) in [7, 11) is 0. The summed E-state index contributed by atoms with van der Waals surface area (Å²) in [4.78, 5) is 28.3. The number of halogens is 1. The lowest BCUT2D eigenvalue weighted by molar-refractivity contribution is 0.0986. The number of carbonyl (C=O) groups excluding carboxylic acids is 2. The molecule has 2 amide bonds. The number of benzene rings is 2. The number of hydrogen-bond acceptors (Lipinski definition) is 6. The minimum absolute atomic E-state index is 0.0960. The second-order valence-corrected chi connectivity index (χ2v) is 9.05. The van der Waals surface area contributed by atoms with Crippen LogP contribution >= 0.6 is 33.9 Å². The quantitative estimate of drug-likeness (QED) is 0.111. The van der Waals surface area contributed by atoms with E-state index in [2.05, 4.69) is 32.8 Å². The van der Waals surface area contributed by atoms with Gasteiger partial charge >= 0.3 is 6.09 Å². The van der Waals surface area contributed by atoms with Crippen molar-refractivity contribution in [1.29, 1.82) is 0 Å². The fraction of sp³-hybridized carbons (Fsp3) is 0.217. The molecule has 1 aromatic heterocycles. The number of nitrogens with one attached hydrogen (secondary N) is 1. The molecular weight excluding hydrogens is 539 g/mol. The van der Waals surface area contributed by atoms with Gasteiger partial charge in [-0.3, -0.25) is 15.0 Å². The number of thiophene rings is 1. The number of hydrazine groups is 1. The number of anilines is 2. The van der Waals surface area contributed by atoms with E-state index >= 15 is 0 Å². The first-order valence-corrected chi connectivity index (χ1v) is 12.5. The van der Waals surface area contributed by atoms with Crippen molar-refractivity contribution in [3.8, 4) is 10.4 Å². The first-order chi connectivity index (χ1) is 15.5. The summed E-state index contributed by atoms with van der Waals surface area (Å²) in [6.45, 7) is 1.69. The van der Waals surface area contributed by atoms with Gasteiger partial charge in [0.15, 0.2) is 0 Å². The molecule has 0 spiro atoms. The summed E-state index contributed by atoms with van der Waals surface area (Å²) in [6, 6.07) is 18.1. The Labute approximate surface area is 204 Å². The molecule has 32 heavy (non-hydrogen) atoms. The molecule has 1 aliphatic rings. The first kappa shape index (κ1) is 22.7. The highest BCUT2D eigenvalue weighted by molar-refractivity contribution is 14.1. The highest BCUT2D eigenvalue weighted by Crippen LogP contribution is 2.28. The molecule has 0 aliphatic carbocycles. The number of carbonyl (C=O) groups is 2. The van der Waals surface area contributed by atoms with Crippen LogP contribution < -0.4 is 16.2 Å². The fourth-order valence-corrected chi connectivity index (χ4v) is 4.85. The summed E-state index contributed by atoms with van der Waals surface area (Å²) in [5, 5.41) is 5.85. The topological polar surface area (TPSA) is 87.9 Å². The maximum Gasteiger partial charge on any atom is 0.411 e. The zero-order valence-electron chi connectivity index (χ0n) is 17.2. The van der Waals surface area contributed by atoms with Gasteiger partial charge in [0.2, 0.25) is 0 Å².